The maximum absolute atomic E-state index is 12.6. The van der Waals surface area contributed by atoms with Gasteiger partial charge in [-0.25, -0.2) is 0 Å². The number of hydrogen-bond acceptors (Lipinski definition) is 3. The molecule has 20 heavy (non-hydrogen) atoms. The van der Waals surface area contributed by atoms with E-state index < -0.39 is 0 Å². The fourth-order valence-electron chi connectivity index (χ4n) is 2.69. The van der Waals surface area contributed by atoms with Crippen molar-refractivity contribution < 1.29 is 9.21 Å². The predicted octanol–water partition coefficient (Wildman–Crippen LogP) is 2.48. The Morgan fingerprint density at radius 2 is 2.05 bits per heavy atom. The monoisotopic (exact) mass is 272 g/mol. The molecule has 2 heterocycles. The van der Waals surface area contributed by atoms with E-state index in [1.165, 1.54) is 11.1 Å². The molecule has 0 spiro atoms. The van der Waals surface area contributed by atoms with Crippen LogP contribution in [0.25, 0.3) is 11.0 Å². The van der Waals surface area contributed by atoms with Gasteiger partial charge in [0.1, 0.15) is 5.58 Å². The van der Waals surface area contributed by atoms with Crippen molar-refractivity contribution in [1.29, 1.82) is 0 Å². The first kappa shape index (κ1) is 13.2. The summed E-state index contributed by atoms with van der Waals surface area (Å²) in [5.41, 5.74) is 3.19. The first-order valence-electron chi connectivity index (χ1n) is 7.09. The van der Waals surface area contributed by atoms with Crippen LogP contribution in [0.2, 0.25) is 0 Å². The molecule has 3 rings (SSSR count). The molecule has 0 radical (unpaired) electrons. The van der Waals surface area contributed by atoms with Gasteiger partial charge in [-0.1, -0.05) is 0 Å². The molecule has 1 atom stereocenters. The zero-order valence-corrected chi connectivity index (χ0v) is 12.2. The number of hydrogen-bond donors (Lipinski definition) is 1. The van der Waals surface area contributed by atoms with Crippen molar-refractivity contribution in [2.45, 2.75) is 26.8 Å². The molecule has 0 aliphatic carbocycles. The van der Waals surface area contributed by atoms with Gasteiger partial charge in [0, 0.05) is 31.1 Å². The van der Waals surface area contributed by atoms with E-state index in [0.29, 0.717) is 5.76 Å². The van der Waals surface area contributed by atoms with Crippen molar-refractivity contribution in [3.05, 3.63) is 35.1 Å². The van der Waals surface area contributed by atoms with Crippen molar-refractivity contribution in [3.8, 4) is 0 Å². The lowest BCUT2D eigenvalue weighted by Crippen LogP contribution is -2.52. The number of amides is 1. The molecule has 1 saturated heterocycles. The quantitative estimate of drug-likeness (QED) is 0.867. The van der Waals surface area contributed by atoms with Gasteiger partial charge in [-0.05, 0) is 50.1 Å². The minimum atomic E-state index is -0.00879. The number of piperazine rings is 1. The number of benzene rings is 1. The largest absolute Gasteiger partial charge is 0.451 e. The van der Waals surface area contributed by atoms with Crippen molar-refractivity contribution >= 4 is 16.9 Å². The highest BCUT2D eigenvalue weighted by molar-refractivity contribution is 5.96. The number of furan rings is 1. The minimum absolute atomic E-state index is 0.00879. The second-order valence-electron chi connectivity index (χ2n) is 5.64. The zero-order valence-electron chi connectivity index (χ0n) is 12.2. The summed E-state index contributed by atoms with van der Waals surface area (Å²) < 4.78 is 5.76. The summed E-state index contributed by atoms with van der Waals surface area (Å²) in [6.07, 6.45) is 0. The third-order valence-corrected chi connectivity index (χ3v) is 4.11. The van der Waals surface area contributed by atoms with E-state index in [1.807, 2.05) is 17.0 Å². The Balaban J connectivity index is 1.95. The molecule has 1 aromatic heterocycles. The van der Waals surface area contributed by atoms with E-state index in [2.05, 4.69) is 32.2 Å². The number of aryl methyl sites for hydroxylation is 2. The predicted molar refractivity (Wildman–Crippen MR) is 79.1 cm³/mol. The fraction of sp³-hybridized carbons (Fsp3) is 0.438. The van der Waals surface area contributed by atoms with Gasteiger partial charge in [0.15, 0.2) is 5.76 Å². The first-order chi connectivity index (χ1) is 9.56. The Kier molecular flexibility index (Phi) is 3.26. The van der Waals surface area contributed by atoms with Gasteiger partial charge in [-0.3, -0.25) is 4.79 Å². The van der Waals surface area contributed by atoms with Crippen molar-refractivity contribution in [1.82, 2.24) is 10.2 Å². The second-order valence-corrected chi connectivity index (χ2v) is 5.64. The second kappa shape index (κ2) is 4.94. The van der Waals surface area contributed by atoms with E-state index in [9.17, 15) is 4.79 Å². The van der Waals surface area contributed by atoms with Crippen LogP contribution in [0.3, 0.4) is 0 Å². The number of carbonyl (C=O) groups excluding carboxylic acids is 1. The standard InChI is InChI=1S/C16H20N2O2/c1-10-6-13-8-15(20-14(13)7-11(10)2)16(19)18-5-4-17-9-12(18)3/h6-8,12,17H,4-5,9H2,1-3H3/t12-/m1/s1. The smallest absolute Gasteiger partial charge is 0.289 e. The lowest BCUT2D eigenvalue weighted by molar-refractivity contribution is 0.0625. The molecule has 1 aromatic carbocycles. The molecule has 4 nitrogen and oxygen atoms in total. The lowest BCUT2D eigenvalue weighted by Gasteiger charge is -2.33. The fourth-order valence-corrected chi connectivity index (χ4v) is 2.69. The zero-order chi connectivity index (χ0) is 14.3. The average Bonchev–Trinajstić information content (AvgIpc) is 2.82. The number of carbonyl (C=O) groups is 1. The van der Waals surface area contributed by atoms with Crippen LogP contribution in [-0.2, 0) is 0 Å². The molecule has 0 unspecified atom stereocenters. The van der Waals surface area contributed by atoms with Crippen LogP contribution in [0, 0.1) is 13.8 Å². The maximum Gasteiger partial charge on any atom is 0.289 e. The Bertz CT molecular complexity index is 621. The third-order valence-electron chi connectivity index (χ3n) is 4.11. The summed E-state index contributed by atoms with van der Waals surface area (Å²) in [4.78, 5) is 14.4. The van der Waals surface area contributed by atoms with E-state index in [4.69, 9.17) is 4.42 Å². The number of nitrogens with one attached hydrogen (secondary N) is 1. The Hall–Kier alpha value is -1.81. The summed E-state index contributed by atoms with van der Waals surface area (Å²) in [7, 11) is 0. The normalized spacial score (nSPS) is 19.6. The van der Waals surface area contributed by atoms with Crippen LogP contribution in [-0.4, -0.2) is 36.5 Å². The molecule has 4 heteroatoms. The molecule has 106 valence electrons. The van der Waals surface area contributed by atoms with Crippen LogP contribution in [0.4, 0.5) is 0 Å². The van der Waals surface area contributed by atoms with Gasteiger partial charge in [0.05, 0.1) is 0 Å². The number of fused-ring (bicyclic) bond motifs is 1. The highest BCUT2D eigenvalue weighted by Gasteiger charge is 2.26. The van der Waals surface area contributed by atoms with Crippen LogP contribution < -0.4 is 5.32 Å². The Labute approximate surface area is 118 Å². The molecule has 1 aliphatic heterocycles. The molecular formula is C16H20N2O2. The van der Waals surface area contributed by atoms with Gasteiger partial charge in [0.25, 0.3) is 5.91 Å². The molecule has 1 N–H and O–H groups in total. The van der Waals surface area contributed by atoms with Crippen LogP contribution >= 0.6 is 0 Å². The molecule has 1 fully saturated rings. The Morgan fingerprint density at radius 3 is 2.80 bits per heavy atom. The summed E-state index contributed by atoms with van der Waals surface area (Å²) in [5.74, 6) is 0.434. The SMILES string of the molecule is Cc1cc2cc(C(=O)N3CCNC[C@H]3C)oc2cc1C. The van der Waals surface area contributed by atoms with Gasteiger partial charge in [0.2, 0.25) is 0 Å². The number of rotatable bonds is 1. The van der Waals surface area contributed by atoms with Crippen molar-refractivity contribution in [2.75, 3.05) is 19.6 Å². The summed E-state index contributed by atoms with van der Waals surface area (Å²) in [6, 6.07) is 6.14. The van der Waals surface area contributed by atoms with E-state index in [1.54, 1.807) is 0 Å². The lowest BCUT2D eigenvalue weighted by atomic mass is 10.1. The molecule has 1 amide bonds. The summed E-state index contributed by atoms with van der Waals surface area (Å²) in [5, 5.41) is 4.29. The van der Waals surface area contributed by atoms with Crippen LogP contribution in [0.5, 0.6) is 0 Å². The highest BCUT2D eigenvalue weighted by atomic mass is 16.3. The average molecular weight is 272 g/mol. The van der Waals surface area contributed by atoms with Gasteiger partial charge in [-0.2, -0.15) is 0 Å². The number of nitrogens with zero attached hydrogens (tertiary/aromatic N) is 1. The molecule has 1 aliphatic rings. The highest BCUT2D eigenvalue weighted by Crippen LogP contribution is 2.24. The Morgan fingerprint density at radius 1 is 1.30 bits per heavy atom. The molecule has 2 aromatic rings. The molecular weight excluding hydrogens is 252 g/mol. The summed E-state index contributed by atoms with van der Waals surface area (Å²) >= 11 is 0. The molecule has 0 bridgehead atoms. The van der Waals surface area contributed by atoms with E-state index in [-0.39, 0.29) is 11.9 Å². The third kappa shape index (κ3) is 2.20. The van der Waals surface area contributed by atoms with E-state index >= 15 is 0 Å². The topological polar surface area (TPSA) is 45.5 Å². The van der Waals surface area contributed by atoms with Gasteiger partial charge < -0.3 is 14.6 Å². The van der Waals surface area contributed by atoms with Crippen LogP contribution in [0.1, 0.15) is 28.6 Å². The van der Waals surface area contributed by atoms with Crippen molar-refractivity contribution in [3.63, 3.8) is 0 Å². The van der Waals surface area contributed by atoms with Gasteiger partial charge in [-0.15, -0.1) is 0 Å². The van der Waals surface area contributed by atoms with Crippen LogP contribution in [0.15, 0.2) is 22.6 Å². The maximum atomic E-state index is 12.6. The minimum Gasteiger partial charge on any atom is -0.451 e. The summed E-state index contributed by atoms with van der Waals surface area (Å²) in [6.45, 7) is 8.59. The first-order valence-corrected chi connectivity index (χ1v) is 7.09. The van der Waals surface area contributed by atoms with E-state index in [0.717, 1.165) is 30.6 Å². The molecule has 0 saturated carbocycles. The van der Waals surface area contributed by atoms with Crippen molar-refractivity contribution in [2.24, 2.45) is 0 Å². The van der Waals surface area contributed by atoms with Gasteiger partial charge >= 0.3 is 0 Å².